The lowest BCUT2D eigenvalue weighted by Crippen LogP contribution is -1.99. The summed E-state index contributed by atoms with van der Waals surface area (Å²) in [5, 5.41) is 8.91. The lowest BCUT2D eigenvalue weighted by atomic mass is 10.2. The van der Waals surface area contributed by atoms with E-state index in [-0.39, 0.29) is 0 Å². The summed E-state index contributed by atoms with van der Waals surface area (Å²) in [6, 6.07) is 7.53. The molecule has 1 aromatic rings. The fraction of sp³-hybridized carbons (Fsp3) is 0.364. The van der Waals surface area contributed by atoms with Crippen LogP contribution in [0.15, 0.2) is 18.2 Å². The van der Waals surface area contributed by atoms with Crippen LogP contribution in [0.25, 0.3) is 0 Å². The summed E-state index contributed by atoms with van der Waals surface area (Å²) >= 11 is 5.98. The summed E-state index contributed by atoms with van der Waals surface area (Å²) in [4.78, 5) is 0. The first kappa shape index (κ1) is 11.8. The number of rotatable bonds is 5. The molecule has 0 amide bonds. The van der Waals surface area contributed by atoms with Crippen LogP contribution in [-0.4, -0.2) is 6.61 Å². The summed E-state index contributed by atoms with van der Waals surface area (Å²) in [6.07, 6.45) is 1.21. The van der Waals surface area contributed by atoms with Crippen LogP contribution in [0.2, 0.25) is 5.02 Å². The van der Waals surface area contributed by atoms with Crippen LogP contribution in [0, 0.1) is 11.3 Å². The van der Waals surface area contributed by atoms with Gasteiger partial charge in [0.2, 0.25) is 0 Å². The molecule has 80 valence electrons. The topological polar surface area (TPSA) is 59.0 Å². The van der Waals surface area contributed by atoms with Crippen LogP contribution in [0.4, 0.5) is 0 Å². The van der Waals surface area contributed by atoms with E-state index in [4.69, 9.17) is 27.3 Å². The van der Waals surface area contributed by atoms with Crippen molar-refractivity contribution >= 4 is 11.6 Å². The van der Waals surface area contributed by atoms with E-state index in [1.165, 1.54) is 0 Å². The largest absolute Gasteiger partial charge is 0.492 e. The predicted octanol–water partition coefficient (Wildman–Crippen LogP) is 2.48. The molecule has 0 fully saturated rings. The highest BCUT2D eigenvalue weighted by atomic mass is 35.5. The van der Waals surface area contributed by atoms with Crippen LogP contribution in [0.5, 0.6) is 5.75 Å². The third kappa shape index (κ3) is 3.78. The Labute approximate surface area is 94.4 Å². The smallest absolute Gasteiger partial charge is 0.137 e. The number of halogens is 1. The summed E-state index contributed by atoms with van der Waals surface area (Å²) in [6.45, 7) is 0.976. The van der Waals surface area contributed by atoms with Gasteiger partial charge >= 0.3 is 0 Å². The van der Waals surface area contributed by atoms with Gasteiger partial charge in [-0.1, -0.05) is 17.7 Å². The predicted molar refractivity (Wildman–Crippen MR) is 59.7 cm³/mol. The van der Waals surface area contributed by atoms with E-state index < -0.39 is 0 Å². The van der Waals surface area contributed by atoms with E-state index in [0.717, 1.165) is 5.56 Å². The molecule has 0 saturated carbocycles. The zero-order valence-corrected chi connectivity index (χ0v) is 9.13. The maximum atomic E-state index is 8.34. The maximum Gasteiger partial charge on any atom is 0.137 e. The van der Waals surface area contributed by atoms with Crippen molar-refractivity contribution < 1.29 is 4.74 Å². The molecule has 0 radical (unpaired) electrons. The molecule has 0 atom stereocenters. The molecule has 0 aliphatic heterocycles. The molecule has 4 heteroatoms. The Bertz CT molecular complexity index is 360. The average molecular weight is 225 g/mol. The Hall–Kier alpha value is -1.24. The molecule has 0 aliphatic rings. The van der Waals surface area contributed by atoms with Crippen molar-refractivity contribution in [1.29, 1.82) is 5.26 Å². The van der Waals surface area contributed by atoms with Gasteiger partial charge in [-0.05, 0) is 24.1 Å². The average Bonchev–Trinajstić information content (AvgIpc) is 2.26. The normalized spacial score (nSPS) is 9.67. The Morgan fingerprint density at radius 1 is 1.47 bits per heavy atom. The van der Waals surface area contributed by atoms with Crippen molar-refractivity contribution in [1.82, 2.24) is 0 Å². The summed E-state index contributed by atoms with van der Waals surface area (Å²) in [5.41, 5.74) is 6.45. The number of hydrogen-bond donors (Lipinski definition) is 1. The van der Waals surface area contributed by atoms with Gasteiger partial charge in [0, 0.05) is 13.0 Å². The lowest BCUT2D eigenvalue weighted by Gasteiger charge is -2.07. The van der Waals surface area contributed by atoms with Gasteiger partial charge in [0.15, 0.2) is 0 Å². The van der Waals surface area contributed by atoms with Gasteiger partial charge in [-0.3, -0.25) is 0 Å². The third-order valence-corrected chi connectivity index (χ3v) is 2.22. The molecule has 0 unspecified atom stereocenters. The zero-order valence-electron chi connectivity index (χ0n) is 8.37. The van der Waals surface area contributed by atoms with Gasteiger partial charge in [-0.2, -0.15) is 5.26 Å². The second-order valence-corrected chi connectivity index (χ2v) is 3.49. The molecule has 0 aromatic heterocycles. The van der Waals surface area contributed by atoms with Crippen molar-refractivity contribution in [3.8, 4) is 11.8 Å². The number of hydrogen-bond acceptors (Lipinski definition) is 3. The molecular formula is C11H13ClN2O. The number of benzene rings is 1. The fourth-order valence-corrected chi connectivity index (χ4v) is 1.38. The van der Waals surface area contributed by atoms with E-state index >= 15 is 0 Å². The highest BCUT2D eigenvalue weighted by molar-refractivity contribution is 6.32. The minimum atomic E-state index is 0.467. The van der Waals surface area contributed by atoms with Gasteiger partial charge < -0.3 is 10.5 Å². The minimum Gasteiger partial charge on any atom is -0.492 e. The Balaban J connectivity index is 2.51. The summed E-state index contributed by atoms with van der Waals surface area (Å²) in [7, 11) is 0. The number of unbranched alkanes of at least 4 members (excludes halogenated alkanes) is 1. The van der Waals surface area contributed by atoms with Crippen molar-refractivity contribution in [3.05, 3.63) is 28.8 Å². The molecule has 1 rings (SSSR count). The highest BCUT2D eigenvalue weighted by Crippen LogP contribution is 2.25. The molecule has 3 nitrogen and oxygen atoms in total. The Morgan fingerprint density at radius 3 is 2.87 bits per heavy atom. The lowest BCUT2D eigenvalue weighted by molar-refractivity contribution is 0.313. The standard InChI is InChI=1S/C11H13ClN2O/c12-10-7-9(8-14)3-4-11(10)15-6-2-1-5-13/h3-4,7H,1-2,6,8,14H2. The van der Waals surface area contributed by atoms with E-state index in [0.29, 0.717) is 36.8 Å². The number of nitrogens with two attached hydrogens (primary N) is 1. The molecule has 15 heavy (non-hydrogen) atoms. The van der Waals surface area contributed by atoms with Crippen LogP contribution < -0.4 is 10.5 Å². The highest BCUT2D eigenvalue weighted by Gasteiger charge is 2.01. The van der Waals surface area contributed by atoms with Gasteiger partial charge in [0.1, 0.15) is 5.75 Å². The minimum absolute atomic E-state index is 0.467. The van der Waals surface area contributed by atoms with Gasteiger partial charge in [-0.15, -0.1) is 0 Å². The van der Waals surface area contributed by atoms with E-state index in [1.807, 2.05) is 6.07 Å². The molecule has 0 bridgehead atoms. The van der Waals surface area contributed by atoms with Crippen LogP contribution in [0.1, 0.15) is 18.4 Å². The Morgan fingerprint density at radius 2 is 2.27 bits per heavy atom. The second kappa shape index (κ2) is 6.28. The first-order valence-electron chi connectivity index (χ1n) is 4.76. The molecule has 0 saturated heterocycles. The van der Waals surface area contributed by atoms with Crippen molar-refractivity contribution in [2.45, 2.75) is 19.4 Å². The molecular weight excluding hydrogens is 212 g/mol. The quantitative estimate of drug-likeness (QED) is 0.782. The Kier molecular flexibility index (Phi) is 4.96. The fourth-order valence-electron chi connectivity index (χ4n) is 1.12. The van der Waals surface area contributed by atoms with Gasteiger partial charge in [0.25, 0.3) is 0 Å². The van der Waals surface area contributed by atoms with Crippen LogP contribution in [-0.2, 0) is 6.54 Å². The van der Waals surface area contributed by atoms with Crippen LogP contribution in [0.3, 0.4) is 0 Å². The zero-order chi connectivity index (χ0) is 11.1. The van der Waals surface area contributed by atoms with E-state index in [9.17, 15) is 0 Å². The van der Waals surface area contributed by atoms with Gasteiger partial charge in [0.05, 0.1) is 17.7 Å². The molecule has 0 heterocycles. The van der Waals surface area contributed by atoms with Crippen molar-refractivity contribution in [3.63, 3.8) is 0 Å². The first-order valence-corrected chi connectivity index (χ1v) is 5.14. The summed E-state index contributed by atoms with van der Waals surface area (Å²) < 4.78 is 5.41. The SMILES string of the molecule is N#CCCCOc1ccc(CN)cc1Cl. The first-order chi connectivity index (χ1) is 7.27. The monoisotopic (exact) mass is 224 g/mol. The third-order valence-electron chi connectivity index (χ3n) is 1.92. The van der Waals surface area contributed by atoms with Crippen LogP contribution >= 0.6 is 11.6 Å². The second-order valence-electron chi connectivity index (χ2n) is 3.08. The number of ether oxygens (including phenoxy) is 1. The van der Waals surface area contributed by atoms with Gasteiger partial charge in [-0.25, -0.2) is 0 Å². The molecule has 0 spiro atoms. The number of nitriles is 1. The van der Waals surface area contributed by atoms with Crippen molar-refractivity contribution in [2.75, 3.05) is 6.61 Å². The summed E-state index contributed by atoms with van der Waals surface area (Å²) in [5.74, 6) is 0.645. The number of nitrogens with zero attached hydrogens (tertiary/aromatic N) is 1. The maximum absolute atomic E-state index is 8.34. The molecule has 0 aliphatic carbocycles. The molecule has 2 N–H and O–H groups in total. The van der Waals surface area contributed by atoms with Crippen molar-refractivity contribution in [2.24, 2.45) is 5.73 Å². The molecule has 1 aromatic carbocycles. The van der Waals surface area contributed by atoms with E-state index in [2.05, 4.69) is 6.07 Å². The van der Waals surface area contributed by atoms with E-state index in [1.54, 1.807) is 12.1 Å².